The van der Waals surface area contributed by atoms with Crippen LogP contribution in [0.5, 0.6) is 0 Å². The van der Waals surface area contributed by atoms with Gasteiger partial charge in [0, 0.05) is 20.1 Å². The molecular weight excluding hydrogens is 210 g/mol. The smallest absolute Gasteiger partial charge is 0.194 e. The quantitative estimate of drug-likeness (QED) is 0.863. The summed E-state index contributed by atoms with van der Waals surface area (Å²) in [5, 5.41) is 3.37. The molecule has 0 saturated carbocycles. The third-order valence-electron chi connectivity index (χ3n) is 3.16. The molecule has 0 fully saturated rings. The van der Waals surface area contributed by atoms with Gasteiger partial charge in [0.15, 0.2) is 5.96 Å². The number of nitrogens with one attached hydrogen (secondary N) is 1. The van der Waals surface area contributed by atoms with Crippen LogP contribution in [0.1, 0.15) is 30.9 Å². The minimum atomic E-state index is 0.599. The van der Waals surface area contributed by atoms with Crippen molar-refractivity contribution in [2.45, 2.75) is 26.3 Å². The number of nitrogens with zero attached hydrogens (tertiary/aromatic N) is 2. The summed E-state index contributed by atoms with van der Waals surface area (Å²) < 4.78 is 0. The summed E-state index contributed by atoms with van der Waals surface area (Å²) in [4.78, 5) is 6.56. The van der Waals surface area contributed by atoms with Gasteiger partial charge in [-0.3, -0.25) is 4.99 Å². The van der Waals surface area contributed by atoms with E-state index in [2.05, 4.69) is 60.4 Å². The van der Waals surface area contributed by atoms with E-state index in [9.17, 15) is 0 Å². The second-order valence-electron chi connectivity index (χ2n) is 4.88. The number of likely N-dealkylation sites (N-methyl/N-ethyl adjacent to an activating group) is 1. The fourth-order valence-electron chi connectivity index (χ4n) is 1.92. The number of guanidine groups is 1. The van der Waals surface area contributed by atoms with Crippen molar-refractivity contribution in [1.82, 2.24) is 10.2 Å². The van der Waals surface area contributed by atoms with E-state index in [1.807, 2.05) is 0 Å². The van der Waals surface area contributed by atoms with Gasteiger partial charge in [0.25, 0.3) is 0 Å². The van der Waals surface area contributed by atoms with E-state index in [1.54, 1.807) is 0 Å². The second kappa shape index (κ2) is 5.21. The van der Waals surface area contributed by atoms with E-state index in [-0.39, 0.29) is 0 Å². The van der Waals surface area contributed by atoms with E-state index in [0.717, 1.165) is 25.6 Å². The Kier molecular flexibility index (Phi) is 3.67. The van der Waals surface area contributed by atoms with Gasteiger partial charge in [0.1, 0.15) is 0 Å². The van der Waals surface area contributed by atoms with Crippen LogP contribution in [0.25, 0.3) is 0 Å². The van der Waals surface area contributed by atoms with Crippen LogP contribution >= 0.6 is 0 Å². The van der Waals surface area contributed by atoms with Crippen LogP contribution in [0.3, 0.4) is 0 Å². The maximum atomic E-state index is 4.41. The van der Waals surface area contributed by atoms with Crippen molar-refractivity contribution in [3.63, 3.8) is 0 Å². The number of benzene rings is 1. The molecule has 0 atom stereocenters. The summed E-state index contributed by atoms with van der Waals surface area (Å²) in [6, 6.07) is 8.80. The fraction of sp³-hybridized carbons (Fsp3) is 0.500. The van der Waals surface area contributed by atoms with E-state index >= 15 is 0 Å². The Balaban J connectivity index is 1.91. The summed E-state index contributed by atoms with van der Waals surface area (Å²) >= 11 is 0. The highest BCUT2D eigenvalue weighted by atomic mass is 15.3. The Hall–Kier alpha value is -1.51. The summed E-state index contributed by atoms with van der Waals surface area (Å²) in [7, 11) is 2.07. The van der Waals surface area contributed by atoms with Crippen LogP contribution in [0.15, 0.2) is 29.3 Å². The molecule has 0 unspecified atom stereocenters. The van der Waals surface area contributed by atoms with Crippen LogP contribution in [0.2, 0.25) is 0 Å². The normalized spacial score (nSPS) is 15.3. The van der Waals surface area contributed by atoms with Gasteiger partial charge in [-0.1, -0.05) is 38.1 Å². The molecule has 1 aliphatic rings. The first kappa shape index (κ1) is 12.0. The Morgan fingerprint density at radius 2 is 2.00 bits per heavy atom. The third-order valence-corrected chi connectivity index (χ3v) is 3.16. The van der Waals surface area contributed by atoms with Gasteiger partial charge in [-0.15, -0.1) is 0 Å². The molecule has 0 aliphatic carbocycles. The molecule has 0 aromatic heterocycles. The molecule has 0 amide bonds. The Morgan fingerprint density at radius 1 is 1.29 bits per heavy atom. The van der Waals surface area contributed by atoms with Gasteiger partial charge >= 0.3 is 0 Å². The molecule has 0 radical (unpaired) electrons. The average molecular weight is 231 g/mol. The van der Waals surface area contributed by atoms with Crippen molar-refractivity contribution in [2.24, 2.45) is 4.99 Å². The predicted octanol–water partition coefficient (Wildman–Crippen LogP) is 2.20. The highest BCUT2D eigenvalue weighted by Crippen LogP contribution is 2.14. The van der Waals surface area contributed by atoms with Crippen LogP contribution in [-0.4, -0.2) is 31.0 Å². The minimum Gasteiger partial charge on any atom is -0.352 e. The van der Waals surface area contributed by atoms with E-state index in [0.29, 0.717) is 5.92 Å². The first-order valence-corrected chi connectivity index (χ1v) is 6.25. The molecule has 1 aliphatic heterocycles. The van der Waals surface area contributed by atoms with Crippen molar-refractivity contribution in [1.29, 1.82) is 0 Å². The minimum absolute atomic E-state index is 0.599. The van der Waals surface area contributed by atoms with Gasteiger partial charge < -0.3 is 10.2 Å². The third kappa shape index (κ3) is 2.99. The van der Waals surface area contributed by atoms with Gasteiger partial charge in [-0.2, -0.15) is 0 Å². The van der Waals surface area contributed by atoms with Crippen molar-refractivity contribution < 1.29 is 0 Å². The summed E-state index contributed by atoms with van der Waals surface area (Å²) in [6.45, 7) is 7.21. The average Bonchev–Trinajstić information content (AvgIpc) is 2.73. The molecule has 1 heterocycles. The molecule has 0 bridgehead atoms. The SMILES string of the molecule is CC(C)c1ccc(CNC2=NCCN2C)cc1. The molecule has 92 valence electrons. The highest BCUT2D eigenvalue weighted by Gasteiger charge is 2.11. The van der Waals surface area contributed by atoms with Crippen molar-refractivity contribution in [2.75, 3.05) is 20.1 Å². The molecule has 17 heavy (non-hydrogen) atoms. The zero-order valence-electron chi connectivity index (χ0n) is 10.9. The Bertz CT molecular complexity index is 392. The molecule has 1 aromatic carbocycles. The lowest BCUT2D eigenvalue weighted by Crippen LogP contribution is -2.35. The molecule has 1 aromatic rings. The van der Waals surface area contributed by atoms with E-state index in [4.69, 9.17) is 0 Å². The summed E-state index contributed by atoms with van der Waals surface area (Å²) in [6.07, 6.45) is 0. The fourth-order valence-corrected chi connectivity index (χ4v) is 1.92. The maximum Gasteiger partial charge on any atom is 0.194 e. The standard InChI is InChI=1S/C14H21N3/c1-11(2)13-6-4-12(5-7-13)10-16-14-15-8-9-17(14)3/h4-7,11H,8-10H2,1-3H3,(H,15,16). The largest absolute Gasteiger partial charge is 0.352 e. The molecule has 3 nitrogen and oxygen atoms in total. The highest BCUT2D eigenvalue weighted by molar-refractivity contribution is 5.81. The molecule has 2 rings (SSSR count). The summed E-state index contributed by atoms with van der Waals surface area (Å²) in [5.74, 6) is 1.61. The van der Waals surface area contributed by atoms with Crippen molar-refractivity contribution in [3.8, 4) is 0 Å². The number of aliphatic imine (C=N–C) groups is 1. The molecule has 1 N–H and O–H groups in total. The Labute approximate surface area is 104 Å². The van der Waals surface area contributed by atoms with Gasteiger partial charge in [0.05, 0.1) is 6.54 Å². The monoisotopic (exact) mass is 231 g/mol. The van der Waals surface area contributed by atoms with Crippen molar-refractivity contribution >= 4 is 5.96 Å². The molecule has 3 heteroatoms. The number of hydrogen-bond donors (Lipinski definition) is 1. The molecular formula is C14H21N3. The van der Waals surface area contributed by atoms with Crippen LogP contribution in [-0.2, 0) is 6.54 Å². The van der Waals surface area contributed by atoms with Crippen LogP contribution in [0, 0.1) is 0 Å². The summed E-state index contributed by atoms with van der Waals surface area (Å²) in [5.41, 5.74) is 2.70. The van der Waals surface area contributed by atoms with E-state index in [1.165, 1.54) is 11.1 Å². The van der Waals surface area contributed by atoms with E-state index < -0.39 is 0 Å². The van der Waals surface area contributed by atoms with Crippen LogP contribution < -0.4 is 5.32 Å². The number of rotatable bonds is 3. The number of hydrogen-bond acceptors (Lipinski definition) is 3. The lowest BCUT2D eigenvalue weighted by atomic mass is 10.0. The first-order valence-electron chi connectivity index (χ1n) is 6.25. The van der Waals surface area contributed by atoms with Gasteiger partial charge in [0.2, 0.25) is 0 Å². The van der Waals surface area contributed by atoms with Gasteiger partial charge in [-0.25, -0.2) is 0 Å². The van der Waals surface area contributed by atoms with Gasteiger partial charge in [-0.05, 0) is 17.0 Å². The predicted molar refractivity (Wildman–Crippen MR) is 72.3 cm³/mol. The van der Waals surface area contributed by atoms with Crippen LogP contribution in [0.4, 0.5) is 0 Å². The maximum absolute atomic E-state index is 4.41. The first-order chi connectivity index (χ1) is 8.16. The molecule has 0 spiro atoms. The lowest BCUT2D eigenvalue weighted by Gasteiger charge is -2.15. The molecule has 0 saturated heterocycles. The second-order valence-corrected chi connectivity index (χ2v) is 4.88. The topological polar surface area (TPSA) is 27.6 Å². The zero-order valence-corrected chi connectivity index (χ0v) is 10.9. The zero-order chi connectivity index (χ0) is 12.3. The lowest BCUT2D eigenvalue weighted by molar-refractivity contribution is 0.534. The Morgan fingerprint density at radius 3 is 2.53 bits per heavy atom. The van der Waals surface area contributed by atoms with Crippen molar-refractivity contribution in [3.05, 3.63) is 35.4 Å².